The number of pyridine rings is 1. The van der Waals surface area contributed by atoms with Gasteiger partial charge in [0, 0.05) is 42.9 Å². The summed E-state index contributed by atoms with van der Waals surface area (Å²) in [5.74, 6) is 0.603. The summed E-state index contributed by atoms with van der Waals surface area (Å²) in [5, 5.41) is 0. The van der Waals surface area contributed by atoms with Gasteiger partial charge in [0.15, 0.2) is 0 Å². The number of benzene rings is 1. The molecule has 2 atom stereocenters. The highest BCUT2D eigenvalue weighted by Crippen LogP contribution is 2.35. The van der Waals surface area contributed by atoms with Crippen LogP contribution < -0.4 is 5.56 Å². The van der Waals surface area contributed by atoms with Crippen LogP contribution in [-0.4, -0.2) is 37.2 Å². The first kappa shape index (κ1) is 14.8. The van der Waals surface area contributed by atoms with Crippen molar-refractivity contribution in [2.45, 2.75) is 18.9 Å². The van der Waals surface area contributed by atoms with Gasteiger partial charge in [0.1, 0.15) is 11.0 Å². The Morgan fingerprint density at radius 3 is 2.88 bits per heavy atom. The molecule has 126 valence electrons. The molecule has 2 aliphatic heterocycles. The van der Waals surface area contributed by atoms with E-state index in [4.69, 9.17) is 0 Å². The van der Waals surface area contributed by atoms with Gasteiger partial charge in [0.2, 0.25) is 0 Å². The molecule has 25 heavy (non-hydrogen) atoms. The standard InChI is InChI=1S/C18H16N4O2S/c23-17-3-1-2-16-13-6-11(9-22(16)17)8-21(10-13)18(24)12-4-5-14-15(7-12)20-25-19-14/h1-5,7,11,13H,6,8-10H2. The van der Waals surface area contributed by atoms with E-state index < -0.39 is 0 Å². The number of hydrogen-bond donors (Lipinski definition) is 0. The third kappa shape index (κ3) is 2.38. The maximum Gasteiger partial charge on any atom is 0.253 e. The fraction of sp³-hybridized carbons (Fsp3) is 0.333. The van der Waals surface area contributed by atoms with Crippen LogP contribution in [0.15, 0.2) is 41.2 Å². The molecule has 0 aliphatic carbocycles. The fourth-order valence-electron chi connectivity index (χ4n) is 4.16. The first-order valence-corrected chi connectivity index (χ1v) is 9.13. The Bertz CT molecular complexity index is 1040. The second-order valence-corrected chi connectivity index (χ2v) is 7.40. The van der Waals surface area contributed by atoms with E-state index in [0.29, 0.717) is 31.1 Å². The minimum absolute atomic E-state index is 0.0383. The second kappa shape index (κ2) is 5.49. The topological polar surface area (TPSA) is 68.1 Å². The first-order chi connectivity index (χ1) is 12.2. The molecule has 1 amide bonds. The van der Waals surface area contributed by atoms with Gasteiger partial charge in [-0.2, -0.15) is 8.75 Å². The monoisotopic (exact) mass is 352 g/mol. The predicted molar refractivity (Wildman–Crippen MR) is 94.9 cm³/mol. The molecule has 6 nitrogen and oxygen atoms in total. The van der Waals surface area contributed by atoms with Crippen LogP contribution in [0.2, 0.25) is 0 Å². The van der Waals surface area contributed by atoms with Crippen molar-refractivity contribution in [1.29, 1.82) is 0 Å². The molecule has 0 saturated carbocycles. The van der Waals surface area contributed by atoms with Crippen molar-refractivity contribution in [3.05, 3.63) is 58.0 Å². The van der Waals surface area contributed by atoms with Gasteiger partial charge < -0.3 is 9.47 Å². The van der Waals surface area contributed by atoms with E-state index in [1.54, 1.807) is 6.07 Å². The van der Waals surface area contributed by atoms with Crippen LogP contribution >= 0.6 is 11.7 Å². The van der Waals surface area contributed by atoms with Crippen molar-refractivity contribution >= 4 is 28.7 Å². The van der Waals surface area contributed by atoms with Crippen LogP contribution in [0.3, 0.4) is 0 Å². The maximum absolute atomic E-state index is 13.0. The summed E-state index contributed by atoms with van der Waals surface area (Å²) >= 11 is 1.16. The summed E-state index contributed by atoms with van der Waals surface area (Å²) in [6.07, 6.45) is 1.04. The van der Waals surface area contributed by atoms with Crippen molar-refractivity contribution in [1.82, 2.24) is 18.2 Å². The number of carbonyl (C=O) groups excluding carboxylic acids is 1. The summed E-state index contributed by atoms with van der Waals surface area (Å²) in [6.45, 7) is 2.06. The summed E-state index contributed by atoms with van der Waals surface area (Å²) in [5.41, 5.74) is 3.37. The number of hydrogen-bond acceptors (Lipinski definition) is 5. The molecule has 0 N–H and O–H groups in total. The summed E-state index contributed by atoms with van der Waals surface area (Å²) in [7, 11) is 0. The Hall–Kier alpha value is -2.54. The lowest BCUT2D eigenvalue weighted by molar-refractivity contribution is 0.0594. The Kier molecular flexibility index (Phi) is 3.24. The van der Waals surface area contributed by atoms with Crippen molar-refractivity contribution in [3.63, 3.8) is 0 Å². The van der Waals surface area contributed by atoms with Gasteiger partial charge in [-0.15, -0.1) is 0 Å². The van der Waals surface area contributed by atoms with Gasteiger partial charge in [-0.1, -0.05) is 6.07 Å². The zero-order valence-corrected chi connectivity index (χ0v) is 14.3. The van der Waals surface area contributed by atoms with Gasteiger partial charge in [0.05, 0.1) is 11.7 Å². The molecule has 5 rings (SSSR count). The molecule has 0 radical (unpaired) electrons. The molecule has 4 heterocycles. The quantitative estimate of drug-likeness (QED) is 0.673. The highest BCUT2D eigenvalue weighted by atomic mass is 32.1. The third-order valence-electron chi connectivity index (χ3n) is 5.27. The molecule has 7 heteroatoms. The SMILES string of the molecule is O=C(c1ccc2nsnc2c1)N1CC2CC(C1)c1cccc(=O)n1C2. The number of likely N-dealkylation sites (tertiary alicyclic amines) is 1. The maximum atomic E-state index is 13.0. The highest BCUT2D eigenvalue weighted by Gasteiger charge is 2.36. The molecular weight excluding hydrogens is 336 g/mol. The van der Waals surface area contributed by atoms with Crippen LogP contribution in [0.1, 0.15) is 28.4 Å². The van der Waals surface area contributed by atoms with E-state index in [1.165, 1.54) is 0 Å². The van der Waals surface area contributed by atoms with Crippen molar-refractivity contribution in [3.8, 4) is 0 Å². The number of aromatic nitrogens is 3. The lowest BCUT2D eigenvalue weighted by Crippen LogP contribution is -2.49. The summed E-state index contributed by atoms with van der Waals surface area (Å²) in [6, 6.07) is 11.0. The molecule has 1 aromatic carbocycles. The zero-order chi connectivity index (χ0) is 17.0. The average molecular weight is 352 g/mol. The lowest BCUT2D eigenvalue weighted by Gasteiger charge is -2.42. The predicted octanol–water partition coefficient (Wildman–Crippen LogP) is 2.11. The van der Waals surface area contributed by atoms with E-state index >= 15 is 0 Å². The van der Waals surface area contributed by atoms with Crippen LogP contribution in [-0.2, 0) is 6.54 Å². The molecule has 1 fully saturated rings. The van der Waals surface area contributed by atoms with E-state index in [9.17, 15) is 9.59 Å². The molecule has 3 aromatic rings. The number of nitrogens with zero attached hydrogens (tertiary/aromatic N) is 4. The van der Waals surface area contributed by atoms with E-state index in [2.05, 4.69) is 8.75 Å². The van der Waals surface area contributed by atoms with Crippen LogP contribution in [0, 0.1) is 5.92 Å². The van der Waals surface area contributed by atoms with E-state index in [0.717, 1.165) is 34.9 Å². The number of amides is 1. The molecule has 2 aliphatic rings. The molecule has 2 unspecified atom stereocenters. The van der Waals surface area contributed by atoms with Crippen molar-refractivity contribution < 1.29 is 4.79 Å². The van der Waals surface area contributed by atoms with Gasteiger partial charge >= 0.3 is 0 Å². The first-order valence-electron chi connectivity index (χ1n) is 8.40. The van der Waals surface area contributed by atoms with Gasteiger partial charge in [0.25, 0.3) is 11.5 Å². The van der Waals surface area contributed by atoms with Crippen LogP contribution in [0.5, 0.6) is 0 Å². The van der Waals surface area contributed by atoms with E-state index in [-0.39, 0.29) is 17.4 Å². The Labute approximate surface area is 148 Å². The zero-order valence-electron chi connectivity index (χ0n) is 13.5. The number of carbonyl (C=O) groups is 1. The third-order valence-corrected chi connectivity index (χ3v) is 5.82. The fourth-order valence-corrected chi connectivity index (χ4v) is 4.68. The van der Waals surface area contributed by atoms with E-state index in [1.807, 2.05) is 39.8 Å². The molecular formula is C18H16N4O2S. The number of rotatable bonds is 1. The summed E-state index contributed by atoms with van der Waals surface area (Å²) < 4.78 is 10.3. The minimum atomic E-state index is 0.0383. The van der Waals surface area contributed by atoms with Gasteiger partial charge in [-0.3, -0.25) is 9.59 Å². The lowest BCUT2D eigenvalue weighted by atomic mass is 9.83. The van der Waals surface area contributed by atoms with Crippen molar-refractivity contribution in [2.75, 3.05) is 13.1 Å². The molecule has 2 aromatic heterocycles. The van der Waals surface area contributed by atoms with Crippen LogP contribution in [0.25, 0.3) is 11.0 Å². The minimum Gasteiger partial charge on any atom is -0.338 e. The second-order valence-electron chi connectivity index (χ2n) is 6.88. The van der Waals surface area contributed by atoms with Gasteiger partial charge in [-0.25, -0.2) is 0 Å². The van der Waals surface area contributed by atoms with Crippen molar-refractivity contribution in [2.24, 2.45) is 5.92 Å². The highest BCUT2D eigenvalue weighted by molar-refractivity contribution is 7.00. The molecule has 1 saturated heterocycles. The number of fused-ring (bicyclic) bond motifs is 5. The number of piperidine rings is 1. The summed E-state index contributed by atoms with van der Waals surface area (Å²) in [4.78, 5) is 27.0. The van der Waals surface area contributed by atoms with Crippen LogP contribution in [0.4, 0.5) is 0 Å². The molecule has 0 spiro atoms. The largest absolute Gasteiger partial charge is 0.338 e. The average Bonchev–Trinajstić information content (AvgIpc) is 3.09. The van der Waals surface area contributed by atoms with Gasteiger partial charge in [-0.05, 0) is 36.6 Å². The smallest absolute Gasteiger partial charge is 0.253 e. The Balaban J connectivity index is 1.46. The Morgan fingerprint density at radius 1 is 1.08 bits per heavy atom. The molecule has 2 bridgehead atoms. The normalized spacial score (nSPS) is 22.0. The Morgan fingerprint density at radius 2 is 1.96 bits per heavy atom.